The first kappa shape index (κ1) is 13.7. The van der Waals surface area contributed by atoms with Gasteiger partial charge in [0.1, 0.15) is 4.88 Å². The largest absolute Gasteiger partial charge is 0.477 e. The third kappa shape index (κ3) is 2.81. The van der Waals surface area contributed by atoms with Crippen LogP contribution in [0.25, 0.3) is 0 Å². The van der Waals surface area contributed by atoms with Gasteiger partial charge in [0.05, 0.1) is 17.3 Å². The van der Waals surface area contributed by atoms with E-state index in [-0.39, 0.29) is 10.0 Å². The summed E-state index contributed by atoms with van der Waals surface area (Å²) in [6.45, 7) is 1.56. The van der Waals surface area contributed by atoms with E-state index >= 15 is 0 Å². The maximum atomic E-state index is 12.0. The second kappa shape index (κ2) is 5.50. The highest BCUT2D eigenvalue weighted by Crippen LogP contribution is 2.23. The zero-order chi connectivity index (χ0) is 14.7. The lowest BCUT2D eigenvalue weighted by Crippen LogP contribution is -2.11. The van der Waals surface area contributed by atoms with Crippen LogP contribution in [0.15, 0.2) is 24.3 Å². The van der Waals surface area contributed by atoms with Gasteiger partial charge < -0.3 is 5.11 Å². The molecule has 1 heterocycles. The van der Waals surface area contributed by atoms with E-state index in [2.05, 4.69) is 10.3 Å². The van der Waals surface area contributed by atoms with Crippen molar-refractivity contribution in [1.29, 1.82) is 5.26 Å². The van der Waals surface area contributed by atoms with E-state index in [4.69, 9.17) is 10.4 Å². The van der Waals surface area contributed by atoms with E-state index in [9.17, 15) is 9.59 Å². The number of carbonyl (C=O) groups excluding carboxylic acids is 1. The smallest absolute Gasteiger partial charge is 0.347 e. The number of thiazole rings is 1. The van der Waals surface area contributed by atoms with Crippen molar-refractivity contribution in [2.24, 2.45) is 0 Å². The van der Waals surface area contributed by atoms with E-state index in [0.29, 0.717) is 16.8 Å². The second-order valence-electron chi connectivity index (χ2n) is 3.89. The Balaban J connectivity index is 2.21. The van der Waals surface area contributed by atoms with Crippen LogP contribution in [0.2, 0.25) is 0 Å². The summed E-state index contributed by atoms with van der Waals surface area (Å²) in [5, 5.41) is 20.4. The van der Waals surface area contributed by atoms with Gasteiger partial charge in [-0.05, 0) is 25.1 Å². The van der Waals surface area contributed by atoms with Gasteiger partial charge in [-0.1, -0.05) is 17.4 Å². The summed E-state index contributed by atoms with van der Waals surface area (Å²) in [5.74, 6) is -1.51. The van der Waals surface area contributed by atoms with Crippen molar-refractivity contribution >= 4 is 28.3 Å². The Morgan fingerprint density at radius 3 is 2.80 bits per heavy atom. The van der Waals surface area contributed by atoms with E-state index in [0.717, 1.165) is 11.3 Å². The molecule has 1 aromatic carbocycles. The number of nitrogens with one attached hydrogen (secondary N) is 1. The molecule has 6 nitrogen and oxygen atoms in total. The standard InChI is InChI=1S/C13H9N3O3S/c1-7-10(12(18)19)20-13(15-7)16-11(17)9-4-2-3-8(5-9)6-14/h2-5H,1H3,(H,18,19)(H,15,16,17). The molecular weight excluding hydrogens is 278 g/mol. The summed E-state index contributed by atoms with van der Waals surface area (Å²) in [6, 6.07) is 8.15. The average molecular weight is 287 g/mol. The molecule has 100 valence electrons. The Morgan fingerprint density at radius 1 is 1.45 bits per heavy atom. The molecule has 0 aliphatic heterocycles. The molecule has 0 bridgehead atoms. The van der Waals surface area contributed by atoms with Gasteiger partial charge in [-0.3, -0.25) is 10.1 Å². The number of carboxylic acid groups (broad SMARTS) is 1. The minimum absolute atomic E-state index is 0.0890. The number of aromatic nitrogens is 1. The minimum atomic E-state index is -1.08. The summed E-state index contributed by atoms with van der Waals surface area (Å²) in [4.78, 5) is 26.9. The van der Waals surface area contributed by atoms with Crippen LogP contribution >= 0.6 is 11.3 Å². The minimum Gasteiger partial charge on any atom is -0.477 e. The maximum Gasteiger partial charge on any atom is 0.347 e. The van der Waals surface area contributed by atoms with Crippen LogP contribution in [0, 0.1) is 18.3 Å². The number of hydrogen-bond donors (Lipinski definition) is 2. The number of benzene rings is 1. The first-order valence-corrected chi connectivity index (χ1v) is 6.35. The third-order valence-electron chi connectivity index (χ3n) is 2.47. The summed E-state index contributed by atoms with van der Waals surface area (Å²) >= 11 is 0.893. The summed E-state index contributed by atoms with van der Waals surface area (Å²) in [7, 11) is 0. The van der Waals surface area contributed by atoms with E-state index in [1.165, 1.54) is 6.07 Å². The van der Waals surface area contributed by atoms with Gasteiger partial charge >= 0.3 is 5.97 Å². The number of anilines is 1. The van der Waals surface area contributed by atoms with Crippen molar-refractivity contribution in [3.05, 3.63) is 46.0 Å². The molecule has 0 unspecified atom stereocenters. The van der Waals surface area contributed by atoms with Crippen LogP contribution in [-0.4, -0.2) is 22.0 Å². The van der Waals surface area contributed by atoms with Crippen LogP contribution in [0.1, 0.15) is 31.3 Å². The highest BCUT2D eigenvalue weighted by molar-refractivity contribution is 7.17. The van der Waals surface area contributed by atoms with Gasteiger partial charge in [-0.2, -0.15) is 5.26 Å². The first-order valence-electron chi connectivity index (χ1n) is 5.53. The molecule has 0 aliphatic carbocycles. The van der Waals surface area contributed by atoms with Gasteiger partial charge in [0.2, 0.25) is 0 Å². The molecular formula is C13H9N3O3S. The average Bonchev–Trinajstić information content (AvgIpc) is 2.79. The zero-order valence-electron chi connectivity index (χ0n) is 10.4. The fourth-order valence-electron chi connectivity index (χ4n) is 1.55. The maximum absolute atomic E-state index is 12.0. The predicted molar refractivity (Wildman–Crippen MR) is 72.9 cm³/mol. The highest BCUT2D eigenvalue weighted by Gasteiger charge is 2.16. The number of amides is 1. The Labute approximate surface area is 118 Å². The molecule has 7 heteroatoms. The number of aromatic carboxylic acids is 1. The lowest BCUT2D eigenvalue weighted by atomic mass is 10.1. The third-order valence-corrected chi connectivity index (χ3v) is 3.53. The van der Waals surface area contributed by atoms with Crippen LogP contribution < -0.4 is 5.32 Å². The predicted octanol–water partition coefficient (Wildman–Crippen LogP) is 2.27. The molecule has 0 radical (unpaired) electrons. The Bertz CT molecular complexity index is 731. The van der Waals surface area contributed by atoms with Crippen LogP contribution in [-0.2, 0) is 0 Å². The van der Waals surface area contributed by atoms with Crippen LogP contribution in [0.4, 0.5) is 5.13 Å². The Morgan fingerprint density at radius 2 is 2.20 bits per heavy atom. The number of nitrogens with zero attached hydrogens (tertiary/aromatic N) is 2. The lowest BCUT2D eigenvalue weighted by Gasteiger charge is -2.01. The summed E-state index contributed by atoms with van der Waals surface area (Å²) in [5.41, 5.74) is 1.04. The fraction of sp³-hybridized carbons (Fsp3) is 0.0769. The molecule has 1 amide bonds. The molecule has 2 N–H and O–H groups in total. The molecule has 0 saturated carbocycles. The Kier molecular flexibility index (Phi) is 3.77. The number of rotatable bonds is 3. The van der Waals surface area contributed by atoms with Crippen LogP contribution in [0.5, 0.6) is 0 Å². The molecule has 0 fully saturated rings. The molecule has 0 atom stereocenters. The van der Waals surface area contributed by atoms with Gasteiger partial charge in [0.25, 0.3) is 5.91 Å². The van der Waals surface area contributed by atoms with E-state index < -0.39 is 11.9 Å². The van der Waals surface area contributed by atoms with Crippen molar-refractivity contribution in [1.82, 2.24) is 4.98 Å². The fourth-order valence-corrected chi connectivity index (χ4v) is 2.35. The molecule has 0 aliphatic rings. The number of nitriles is 1. The highest BCUT2D eigenvalue weighted by atomic mass is 32.1. The van der Waals surface area contributed by atoms with Crippen molar-refractivity contribution in [2.75, 3.05) is 5.32 Å². The van der Waals surface area contributed by atoms with E-state index in [1.807, 2.05) is 6.07 Å². The second-order valence-corrected chi connectivity index (χ2v) is 4.88. The van der Waals surface area contributed by atoms with Gasteiger partial charge in [0.15, 0.2) is 5.13 Å². The Hall–Kier alpha value is -2.72. The van der Waals surface area contributed by atoms with E-state index in [1.54, 1.807) is 25.1 Å². The monoisotopic (exact) mass is 287 g/mol. The van der Waals surface area contributed by atoms with Gasteiger partial charge in [-0.25, -0.2) is 9.78 Å². The SMILES string of the molecule is Cc1nc(NC(=O)c2cccc(C#N)c2)sc1C(=O)O. The van der Waals surface area contributed by atoms with Crippen LogP contribution in [0.3, 0.4) is 0 Å². The topological polar surface area (TPSA) is 103 Å². The molecule has 2 rings (SSSR count). The number of carboxylic acids is 1. The van der Waals surface area contributed by atoms with Gasteiger partial charge in [-0.15, -0.1) is 0 Å². The number of carbonyl (C=O) groups is 2. The molecule has 20 heavy (non-hydrogen) atoms. The lowest BCUT2D eigenvalue weighted by molar-refractivity contribution is 0.0701. The van der Waals surface area contributed by atoms with Crippen molar-refractivity contribution < 1.29 is 14.7 Å². The summed E-state index contributed by atoms with van der Waals surface area (Å²) in [6.07, 6.45) is 0. The number of hydrogen-bond acceptors (Lipinski definition) is 5. The van der Waals surface area contributed by atoms with Crippen molar-refractivity contribution in [3.8, 4) is 6.07 Å². The molecule has 0 saturated heterocycles. The molecule has 2 aromatic rings. The molecule has 0 spiro atoms. The first-order chi connectivity index (χ1) is 9.51. The molecule has 1 aromatic heterocycles. The van der Waals surface area contributed by atoms with Crippen molar-refractivity contribution in [3.63, 3.8) is 0 Å². The quantitative estimate of drug-likeness (QED) is 0.901. The number of aryl methyl sites for hydroxylation is 1. The van der Waals surface area contributed by atoms with Crippen molar-refractivity contribution in [2.45, 2.75) is 6.92 Å². The zero-order valence-corrected chi connectivity index (χ0v) is 11.2. The normalized spacial score (nSPS) is 9.80. The summed E-state index contributed by atoms with van der Waals surface area (Å²) < 4.78 is 0. The van der Waals surface area contributed by atoms with Gasteiger partial charge in [0, 0.05) is 5.56 Å².